The largest absolute Gasteiger partial charge is 0.574 e. The standard InChI is InChI=1S/C28H35ClF3N5O5/c29-26-24(33-10-18-15-40-14-17-9-23(17)18)12-35-37(27(26)38)20-3-1-19(2-4-20)36(13-22-16-39-7-8-41-22)21-5-6-25(34-11-21)42-28(30,31)32/h5-6,11-12,17-20,22-23,33H,1-4,7-10,13-16H2/t17?,18-,19?,20?,22+,23-/m1/s1. The van der Waals surface area contributed by atoms with Gasteiger partial charge in [0.1, 0.15) is 5.02 Å². The molecule has 10 nitrogen and oxygen atoms in total. The molecular formula is C28H35ClF3N5O5. The van der Waals surface area contributed by atoms with Crippen LogP contribution in [0, 0.1) is 17.8 Å². The van der Waals surface area contributed by atoms with Gasteiger partial charge < -0.3 is 29.2 Å². The number of aromatic nitrogens is 3. The molecule has 2 aromatic heterocycles. The van der Waals surface area contributed by atoms with E-state index in [2.05, 4.69) is 25.0 Å². The van der Waals surface area contributed by atoms with Crippen molar-refractivity contribution in [3.05, 3.63) is 39.9 Å². The van der Waals surface area contributed by atoms with Crippen LogP contribution in [0.4, 0.5) is 24.5 Å². The summed E-state index contributed by atoms with van der Waals surface area (Å²) in [6.07, 6.45) is 2.06. The highest BCUT2D eigenvalue weighted by Gasteiger charge is 2.45. The molecule has 1 unspecified atom stereocenters. The molecule has 1 N–H and O–H groups in total. The Bertz CT molecular complexity index is 1270. The molecule has 2 saturated heterocycles. The first kappa shape index (κ1) is 29.5. The second-order valence-corrected chi connectivity index (χ2v) is 11.9. The van der Waals surface area contributed by atoms with Gasteiger partial charge in [-0.25, -0.2) is 9.67 Å². The fraction of sp³-hybridized carbons (Fsp3) is 0.679. The predicted molar refractivity (Wildman–Crippen MR) is 148 cm³/mol. The van der Waals surface area contributed by atoms with Gasteiger partial charge in [0.25, 0.3) is 5.56 Å². The van der Waals surface area contributed by atoms with Crippen molar-refractivity contribution in [2.45, 2.75) is 56.7 Å². The predicted octanol–water partition coefficient (Wildman–Crippen LogP) is 4.29. The SMILES string of the molecule is O=c1c(Cl)c(NC[C@@H]2COCC3C[C@H]32)cnn1C1CCC(N(C[C@H]2COCCO2)c2ccc(OC(F)(F)F)nc2)CC1. The molecule has 4 aliphatic rings. The van der Waals surface area contributed by atoms with Crippen LogP contribution in [0.3, 0.4) is 0 Å². The number of nitrogens with zero attached hydrogens (tertiary/aromatic N) is 4. The van der Waals surface area contributed by atoms with Crippen molar-refractivity contribution in [2.24, 2.45) is 17.8 Å². The molecule has 6 rings (SSSR count). The number of alkyl halides is 3. The van der Waals surface area contributed by atoms with E-state index >= 15 is 0 Å². The molecule has 42 heavy (non-hydrogen) atoms. The minimum atomic E-state index is -4.81. The minimum absolute atomic E-state index is 0.0547. The fourth-order valence-corrected chi connectivity index (χ4v) is 6.68. The maximum atomic E-state index is 13.2. The molecule has 4 heterocycles. The van der Waals surface area contributed by atoms with Gasteiger partial charge >= 0.3 is 6.36 Å². The fourth-order valence-electron chi connectivity index (χ4n) is 6.48. The minimum Gasteiger partial charge on any atom is -0.388 e. The molecule has 0 amide bonds. The number of nitrogens with one attached hydrogen (secondary N) is 1. The topological polar surface area (TPSA) is 100.0 Å². The van der Waals surface area contributed by atoms with E-state index in [-0.39, 0.29) is 28.8 Å². The number of anilines is 2. The summed E-state index contributed by atoms with van der Waals surface area (Å²) in [5.74, 6) is 1.25. The first-order valence-corrected chi connectivity index (χ1v) is 14.9. The molecule has 14 heteroatoms. The molecule has 0 radical (unpaired) electrons. The van der Waals surface area contributed by atoms with Crippen LogP contribution in [0.2, 0.25) is 5.02 Å². The molecule has 2 aromatic rings. The van der Waals surface area contributed by atoms with Crippen LogP contribution in [-0.4, -0.2) is 79.4 Å². The lowest BCUT2D eigenvalue weighted by molar-refractivity contribution is -0.276. The molecule has 4 fully saturated rings. The summed E-state index contributed by atoms with van der Waals surface area (Å²) in [5, 5.41) is 7.93. The van der Waals surface area contributed by atoms with Gasteiger partial charge in [0.15, 0.2) is 0 Å². The Labute approximate surface area is 246 Å². The van der Waals surface area contributed by atoms with Gasteiger partial charge in [0.2, 0.25) is 5.88 Å². The second kappa shape index (κ2) is 12.6. The monoisotopic (exact) mass is 613 g/mol. The quantitative estimate of drug-likeness (QED) is 0.444. The number of hydrogen-bond donors (Lipinski definition) is 1. The summed E-state index contributed by atoms with van der Waals surface area (Å²) >= 11 is 6.51. The zero-order valence-corrected chi connectivity index (χ0v) is 23.9. The maximum Gasteiger partial charge on any atom is 0.574 e. The van der Waals surface area contributed by atoms with Gasteiger partial charge in [0.05, 0.1) is 62.3 Å². The van der Waals surface area contributed by atoms with Crippen LogP contribution in [0.5, 0.6) is 5.88 Å². The van der Waals surface area contributed by atoms with Gasteiger partial charge in [-0.15, -0.1) is 13.2 Å². The van der Waals surface area contributed by atoms with Crippen molar-refractivity contribution in [2.75, 3.05) is 56.3 Å². The van der Waals surface area contributed by atoms with Crippen molar-refractivity contribution in [1.82, 2.24) is 14.8 Å². The lowest BCUT2D eigenvalue weighted by Gasteiger charge is -2.40. The average molecular weight is 614 g/mol. The summed E-state index contributed by atoms with van der Waals surface area (Å²) in [4.78, 5) is 19.2. The van der Waals surface area contributed by atoms with Crippen LogP contribution in [0.15, 0.2) is 29.3 Å². The molecule has 0 bridgehead atoms. The number of rotatable bonds is 9. The lowest BCUT2D eigenvalue weighted by atomic mass is 9.89. The van der Waals surface area contributed by atoms with Gasteiger partial charge in [0, 0.05) is 37.7 Å². The Morgan fingerprint density at radius 3 is 2.64 bits per heavy atom. The van der Waals surface area contributed by atoms with Crippen molar-refractivity contribution in [3.63, 3.8) is 0 Å². The van der Waals surface area contributed by atoms with Crippen LogP contribution in [0.25, 0.3) is 0 Å². The average Bonchev–Trinajstić information content (AvgIpc) is 3.78. The molecular weight excluding hydrogens is 579 g/mol. The number of ether oxygens (including phenoxy) is 4. The summed E-state index contributed by atoms with van der Waals surface area (Å²) in [7, 11) is 0. The highest BCUT2D eigenvalue weighted by Crippen LogP contribution is 2.47. The van der Waals surface area contributed by atoms with Gasteiger partial charge in [-0.2, -0.15) is 5.10 Å². The zero-order valence-electron chi connectivity index (χ0n) is 23.1. The van der Waals surface area contributed by atoms with Crippen LogP contribution in [-0.2, 0) is 14.2 Å². The van der Waals surface area contributed by atoms with Crippen LogP contribution >= 0.6 is 11.6 Å². The normalized spacial score (nSPS) is 29.4. The van der Waals surface area contributed by atoms with Gasteiger partial charge in [-0.1, -0.05) is 11.6 Å². The smallest absolute Gasteiger partial charge is 0.388 e. The third-order valence-corrected chi connectivity index (χ3v) is 9.12. The molecule has 2 aliphatic carbocycles. The van der Waals surface area contributed by atoms with E-state index in [1.807, 2.05) is 0 Å². The molecule has 2 aliphatic heterocycles. The second-order valence-electron chi connectivity index (χ2n) is 11.5. The van der Waals surface area contributed by atoms with E-state index < -0.39 is 12.2 Å². The Kier molecular flexibility index (Phi) is 8.80. The third-order valence-electron chi connectivity index (χ3n) is 8.76. The first-order valence-electron chi connectivity index (χ1n) is 14.5. The summed E-state index contributed by atoms with van der Waals surface area (Å²) in [5.41, 5.74) is 0.890. The summed E-state index contributed by atoms with van der Waals surface area (Å²) < 4.78 is 60.4. The van der Waals surface area contributed by atoms with Gasteiger partial charge in [-0.05, 0) is 50.0 Å². The van der Waals surface area contributed by atoms with E-state index in [0.717, 1.165) is 26.1 Å². The van der Waals surface area contributed by atoms with E-state index in [4.69, 9.17) is 25.8 Å². The van der Waals surface area contributed by atoms with Crippen LogP contribution < -0.4 is 20.5 Å². The Balaban J connectivity index is 1.10. The van der Waals surface area contributed by atoms with Crippen molar-refractivity contribution < 1.29 is 32.1 Å². The van der Waals surface area contributed by atoms with Crippen molar-refractivity contribution in [1.29, 1.82) is 0 Å². The molecule has 2 saturated carbocycles. The van der Waals surface area contributed by atoms with E-state index in [1.165, 1.54) is 23.4 Å². The number of fused-ring (bicyclic) bond motifs is 1. The summed E-state index contributed by atoms with van der Waals surface area (Å²) in [6.45, 7) is 4.20. The highest BCUT2D eigenvalue weighted by atomic mass is 35.5. The molecule has 0 aromatic carbocycles. The number of halogens is 4. The third kappa shape index (κ3) is 6.95. The lowest BCUT2D eigenvalue weighted by Crippen LogP contribution is -2.46. The van der Waals surface area contributed by atoms with E-state index in [1.54, 1.807) is 12.3 Å². The molecule has 4 atom stereocenters. The molecule has 230 valence electrons. The van der Waals surface area contributed by atoms with E-state index in [9.17, 15) is 18.0 Å². The summed E-state index contributed by atoms with van der Waals surface area (Å²) in [6, 6.07) is 2.73. The first-order chi connectivity index (χ1) is 20.2. The van der Waals surface area contributed by atoms with E-state index in [0.29, 0.717) is 74.9 Å². The van der Waals surface area contributed by atoms with Crippen molar-refractivity contribution >= 4 is 23.0 Å². The number of hydrogen-bond acceptors (Lipinski definition) is 9. The highest BCUT2D eigenvalue weighted by molar-refractivity contribution is 6.32. The van der Waals surface area contributed by atoms with Crippen LogP contribution in [0.1, 0.15) is 38.1 Å². The Morgan fingerprint density at radius 2 is 1.93 bits per heavy atom. The zero-order chi connectivity index (χ0) is 29.3. The molecule has 0 spiro atoms. The number of pyridine rings is 1. The maximum absolute atomic E-state index is 13.2. The van der Waals surface area contributed by atoms with Gasteiger partial charge in [-0.3, -0.25) is 4.79 Å². The Hall–Kier alpha value is -2.61. The van der Waals surface area contributed by atoms with Crippen molar-refractivity contribution in [3.8, 4) is 5.88 Å². The Morgan fingerprint density at radius 1 is 1.10 bits per heavy atom.